The molecule has 1 aromatic carbocycles. The summed E-state index contributed by atoms with van der Waals surface area (Å²) in [6.45, 7) is 8.58. The zero-order valence-corrected chi connectivity index (χ0v) is 13.2. The molecule has 118 valence electrons. The number of benzene rings is 1. The summed E-state index contributed by atoms with van der Waals surface area (Å²) in [4.78, 5) is 10.5. The summed E-state index contributed by atoms with van der Waals surface area (Å²) < 4.78 is 22.5. The molecule has 0 spiro atoms. The van der Waals surface area contributed by atoms with Crippen LogP contribution in [0.3, 0.4) is 0 Å². The largest absolute Gasteiger partial charge is 0.346 e. The molecule has 1 unspecified atom stereocenters. The zero-order chi connectivity index (χ0) is 15.9. The van der Waals surface area contributed by atoms with Crippen molar-refractivity contribution in [2.75, 3.05) is 26.2 Å². The Morgan fingerprint density at radius 3 is 2.41 bits per heavy atom. The van der Waals surface area contributed by atoms with Gasteiger partial charge in [-0.2, -0.15) is 0 Å². The van der Waals surface area contributed by atoms with E-state index in [2.05, 4.69) is 6.58 Å². The molecular formula is C14H18N3O4P. The van der Waals surface area contributed by atoms with Crippen LogP contribution in [0.2, 0.25) is 0 Å². The monoisotopic (exact) mass is 323 g/mol. The van der Waals surface area contributed by atoms with Crippen molar-refractivity contribution in [1.29, 1.82) is 0 Å². The highest BCUT2D eigenvalue weighted by atomic mass is 31.2. The van der Waals surface area contributed by atoms with Gasteiger partial charge in [-0.15, -0.1) is 0 Å². The van der Waals surface area contributed by atoms with Crippen LogP contribution in [-0.2, 0) is 9.09 Å². The number of nitrogens with zero attached hydrogens (tertiary/aromatic N) is 3. The van der Waals surface area contributed by atoms with Crippen LogP contribution in [-0.4, -0.2) is 40.4 Å². The molecule has 2 fully saturated rings. The van der Waals surface area contributed by atoms with Gasteiger partial charge in [-0.3, -0.25) is 19.2 Å². The van der Waals surface area contributed by atoms with Crippen LogP contribution in [0, 0.1) is 10.1 Å². The van der Waals surface area contributed by atoms with Crippen molar-refractivity contribution in [3.8, 4) is 0 Å². The number of hydrogen-bond acceptors (Lipinski definition) is 4. The first-order chi connectivity index (χ1) is 10.5. The number of nitro benzene ring substituents is 1. The minimum Gasteiger partial charge on any atom is -0.298 e. The molecule has 7 nitrogen and oxygen atoms in total. The fraction of sp³-hybridized carbons (Fsp3) is 0.429. The van der Waals surface area contributed by atoms with Gasteiger partial charge in [-0.25, -0.2) is 9.34 Å². The van der Waals surface area contributed by atoms with Crippen LogP contribution in [0.25, 0.3) is 6.08 Å². The van der Waals surface area contributed by atoms with Gasteiger partial charge in [-0.05, 0) is 24.6 Å². The molecule has 2 heterocycles. The topological polar surface area (TPSA) is 75.5 Å². The van der Waals surface area contributed by atoms with Crippen LogP contribution < -0.4 is 0 Å². The molecule has 2 aliphatic rings. The van der Waals surface area contributed by atoms with Crippen LogP contribution in [0.1, 0.15) is 24.2 Å². The Morgan fingerprint density at radius 2 is 1.95 bits per heavy atom. The maximum absolute atomic E-state index is 13.0. The third-order valence-electron chi connectivity index (χ3n) is 3.80. The van der Waals surface area contributed by atoms with Crippen molar-refractivity contribution in [2.24, 2.45) is 0 Å². The summed E-state index contributed by atoms with van der Waals surface area (Å²) in [7, 11) is -2.91. The van der Waals surface area contributed by atoms with E-state index in [0.717, 1.165) is 31.7 Å². The Kier molecular flexibility index (Phi) is 3.91. The molecule has 0 saturated carbocycles. The van der Waals surface area contributed by atoms with E-state index in [4.69, 9.17) is 4.52 Å². The van der Waals surface area contributed by atoms with Crippen LogP contribution >= 0.6 is 7.67 Å². The Labute approximate surface area is 128 Å². The average molecular weight is 323 g/mol. The third-order valence-corrected chi connectivity index (χ3v) is 6.62. The fourth-order valence-electron chi connectivity index (χ4n) is 2.33. The molecule has 0 radical (unpaired) electrons. The van der Waals surface area contributed by atoms with Gasteiger partial charge in [0.25, 0.3) is 5.69 Å². The van der Waals surface area contributed by atoms with Gasteiger partial charge in [0.05, 0.1) is 16.6 Å². The number of rotatable bonds is 7. The Morgan fingerprint density at radius 1 is 1.36 bits per heavy atom. The normalized spacial score (nSPS) is 19.7. The molecule has 2 aliphatic heterocycles. The summed E-state index contributed by atoms with van der Waals surface area (Å²) in [6.07, 6.45) is 1.04. The van der Waals surface area contributed by atoms with E-state index in [0.29, 0.717) is 5.56 Å². The lowest BCUT2D eigenvalue weighted by Gasteiger charge is -2.24. The first-order valence-electron chi connectivity index (χ1n) is 7.16. The van der Waals surface area contributed by atoms with Crippen LogP contribution in [0.4, 0.5) is 5.69 Å². The molecule has 1 atom stereocenters. The van der Waals surface area contributed by atoms with Gasteiger partial charge < -0.3 is 0 Å². The summed E-state index contributed by atoms with van der Waals surface area (Å²) in [6, 6.07) is 4.75. The highest BCUT2D eigenvalue weighted by Crippen LogP contribution is 2.63. The summed E-state index contributed by atoms with van der Waals surface area (Å²) >= 11 is 0. The van der Waals surface area contributed by atoms with E-state index in [-0.39, 0.29) is 5.69 Å². The molecule has 1 aromatic rings. The molecule has 0 aromatic heterocycles. The molecule has 0 amide bonds. The molecular weight excluding hydrogens is 305 g/mol. The minimum atomic E-state index is -2.91. The maximum atomic E-state index is 13.0. The van der Waals surface area contributed by atoms with Crippen LogP contribution in [0.15, 0.2) is 24.8 Å². The molecule has 0 N–H and O–H groups in total. The van der Waals surface area contributed by atoms with Gasteiger partial charge in [0.15, 0.2) is 0 Å². The smallest absolute Gasteiger partial charge is 0.298 e. The lowest BCUT2D eigenvalue weighted by atomic mass is 10.1. The Bertz CT molecular complexity index is 654. The second-order valence-electron chi connectivity index (χ2n) is 5.43. The quantitative estimate of drug-likeness (QED) is 0.332. The summed E-state index contributed by atoms with van der Waals surface area (Å²) in [5.41, 5.74) is 1.20. The second kappa shape index (κ2) is 5.59. The van der Waals surface area contributed by atoms with E-state index in [1.807, 2.05) is 16.3 Å². The first kappa shape index (κ1) is 15.4. The van der Waals surface area contributed by atoms with E-state index in [1.165, 1.54) is 12.1 Å². The zero-order valence-electron chi connectivity index (χ0n) is 12.3. The lowest BCUT2D eigenvalue weighted by Crippen LogP contribution is -2.10. The molecule has 2 saturated heterocycles. The van der Waals surface area contributed by atoms with Crippen molar-refractivity contribution in [3.63, 3.8) is 0 Å². The maximum Gasteiger partial charge on any atom is 0.346 e. The summed E-state index contributed by atoms with van der Waals surface area (Å²) in [5, 5.41) is 11.0. The SMILES string of the molecule is C=Cc1cc(C(C)OP(=O)(N2CC2)N2CC2)ccc1[N+](=O)[O-]. The average Bonchev–Trinajstić information content (AvgIpc) is 3.37. The summed E-state index contributed by atoms with van der Waals surface area (Å²) in [5.74, 6) is 0. The minimum absolute atomic E-state index is 0.00557. The highest BCUT2D eigenvalue weighted by Gasteiger charge is 2.50. The predicted molar refractivity (Wildman–Crippen MR) is 83.4 cm³/mol. The van der Waals surface area contributed by atoms with Gasteiger partial charge in [0, 0.05) is 32.2 Å². The van der Waals surface area contributed by atoms with Crippen molar-refractivity contribution in [2.45, 2.75) is 13.0 Å². The number of nitro groups is 1. The Hall–Kier alpha value is -1.53. The van der Waals surface area contributed by atoms with Gasteiger partial charge in [-0.1, -0.05) is 12.7 Å². The van der Waals surface area contributed by atoms with Crippen LogP contribution in [0.5, 0.6) is 0 Å². The second-order valence-corrected chi connectivity index (χ2v) is 7.75. The van der Waals surface area contributed by atoms with E-state index in [1.54, 1.807) is 12.1 Å². The molecule has 0 bridgehead atoms. The first-order valence-corrected chi connectivity index (χ1v) is 8.69. The standard InChI is InChI=1S/C14H18N3O4P/c1-3-12-10-13(4-5-14(12)17(18)19)11(2)21-22(20,15-6-7-15)16-8-9-16/h3-5,10-11H,1,6-9H2,2H3. The van der Waals surface area contributed by atoms with Crippen molar-refractivity contribution >= 4 is 19.4 Å². The van der Waals surface area contributed by atoms with Crippen molar-refractivity contribution in [3.05, 3.63) is 46.0 Å². The fourth-order valence-corrected chi connectivity index (χ4v) is 4.68. The highest BCUT2D eigenvalue weighted by molar-refractivity contribution is 7.54. The van der Waals surface area contributed by atoms with E-state index in [9.17, 15) is 14.7 Å². The van der Waals surface area contributed by atoms with E-state index < -0.39 is 18.7 Å². The van der Waals surface area contributed by atoms with E-state index >= 15 is 0 Å². The molecule has 8 heteroatoms. The predicted octanol–water partition coefficient (Wildman–Crippen LogP) is 3.05. The molecule has 0 aliphatic carbocycles. The van der Waals surface area contributed by atoms with Crippen molar-refractivity contribution < 1.29 is 14.0 Å². The molecule has 22 heavy (non-hydrogen) atoms. The van der Waals surface area contributed by atoms with Gasteiger partial charge in [0.1, 0.15) is 0 Å². The number of hydrogen-bond donors (Lipinski definition) is 0. The molecule has 3 rings (SSSR count). The lowest BCUT2D eigenvalue weighted by molar-refractivity contribution is -0.385. The Balaban J connectivity index is 1.82. The third kappa shape index (κ3) is 2.85. The van der Waals surface area contributed by atoms with Crippen molar-refractivity contribution in [1.82, 2.24) is 9.34 Å². The van der Waals surface area contributed by atoms with Gasteiger partial charge in [0.2, 0.25) is 0 Å². The van der Waals surface area contributed by atoms with Gasteiger partial charge >= 0.3 is 7.67 Å².